The van der Waals surface area contributed by atoms with E-state index in [2.05, 4.69) is 16.0 Å². The lowest BCUT2D eigenvalue weighted by molar-refractivity contribution is -0.141. The van der Waals surface area contributed by atoms with Gasteiger partial charge in [-0.2, -0.15) is 0 Å². The first kappa shape index (κ1) is 18.5. The molecule has 4 N–H and O–H groups in total. The van der Waals surface area contributed by atoms with E-state index >= 15 is 0 Å². The quantitative estimate of drug-likeness (QED) is 0.530. The zero-order valence-electron chi connectivity index (χ0n) is 14.2. The zero-order valence-corrected chi connectivity index (χ0v) is 14.2. The fourth-order valence-electron chi connectivity index (χ4n) is 3.57. The van der Waals surface area contributed by atoms with Crippen molar-refractivity contribution < 1.29 is 19.5 Å². The normalized spacial score (nSPS) is 24.3. The van der Waals surface area contributed by atoms with Gasteiger partial charge in [-0.25, -0.2) is 4.79 Å². The molecule has 136 valence electrons. The summed E-state index contributed by atoms with van der Waals surface area (Å²) in [5, 5.41) is 17.6. The highest BCUT2D eigenvalue weighted by Gasteiger charge is 2.30. The van der Waals surface area contributed by atoms with Crippen LogP contribution in [-0.4, -0.2) is 41.6 Å². The molecule has 7 nitrogen and oxygen atoms in total. The number of nitrogens with one attached hydrogen (secondary N) is 3. The van der Waals surface area contributed by atoms with E-state index in [-0.39, 0.29) is 29.9 Å². The molecule has 0 saturated heterocycles. The minimum Gasteiger partial charge on any atom is -0.481 e. The van der Waals surface area contributed by atoms with Crippen LogP contribution in [0, 0.1) is 5.92 Å². The van der Waals surface area contributed by atoms with E-state index in [0.717, 1.165) is 19.3 Å². The molecule has 0 heterocycles. The highest BCUT2D eigenvalue weighted by molar-refractivity contribution is 5.77. The first-order chi connectivity index (χ1) is 11.5. The second kappa shape index (κ2) is 9.49. The predicted molar refractivity (Wildman–Crippen MR) is 89.5 cm³/mol. The van der Waals surface area contributed by atoms with E-state index in [0.29, 0.717) is 32.2 Å². The van der Waals surface area contributed by atoms with Crippen molar-refractivity contribution in [2.24, 2.45) is 5.92 Å². The van der Waals surface area contributed by atoms with Gasteiger partial charge in [-0.1, -0.05) is 19.3 Å². The van der Waals surface area contributed by atoms with Crippen molar-refractivity contribution in [2.75, 3.05) is 6.54 Å². The molecule has 0 aromatic heterocycles. The Morgan fingerprint density at radius 2 is 1.67 bits per heavy atom. The van der Waals surface area contributed by atoms with Gasteiger partial charge >= 0.3 is 12.0 Å². The van der Waals surface area contributed by atoms with Crippen LogP contribution >= 0.6 is 0 Å². The number of rotatable bonds is 7. The Labute approximate surface area is 142 Å². The van der Waals surface area contributed by atoms with Crippen LogP contribution in [0.15, 0.2) is 0 Å². The number of carbonyl (C=O) groups excluding carboxylic acids is 2. The van der Waals surface area contributed by atoms with Crippen molar-refractivity contribution in [1.82, 2.24) is 16.0 Å². The maximum atomic E-state index is 11.9. The summed E-state index contributed by atoms with van der Waals surface area (Å²) in [6.45, 7) is 0.467. The highest BCUT2D eigenvalue weighted by atomic mass is 16.4. The second-order valence-corrected chi connectivity index (χ2v) is 6.95. The van der Waals surface area contributed by atoms with Crippen LogP contribution in [0.5, 0.6) is 0 Å². The van der Waals surface area contributed by atoms with Gasteiger partial charge in [0, 0.05) is 25.0 Å². The van der Waals surface area contributed by atoms with Gasteiger partial charge in [0.2, 0.25) is 5.91 Å². The van der Waals surface area contributed by atoms with E-state index in [4.69, 9.17) is 5.11 Å². The summed E-state index contributed by atoms with van der Waals surface area (Å²) in [6, 6.07) is 0.107. The third-order valence-corrected chi connectivity index (χ3v) is 4.95. The molecule has 2 fully saturated rings. The van der Waals surface area contributed by atoms with E-state index in [9.17, 15) is 14.4 Å². The van der Waals surface area contributed by atoms with E-state index in [1.54, 1.807) is 0 Å². The van der Waals surface area contributed by atoms with Crippen LogP contribution in [0.3, 0.4) is 0 Å². The van der Waals surface area contributed by atoms with Gasteiger partial charge in [-0.3, -0.25) is 9.59 Å². The predicted octanol–water partition coefficient (Wildman–Crippen LogP) is 1.77. The Morgan fingerprint density at radius 3 is 2.33 bits per heavy atom. The molecule has 2 saturated carbocycles. The number of urea groups is 1. The standard InChI is InChI=1S/C17H29N3O4/c21-15(19-14-9-8-12(11-14)16(22)23)7-4-10-18-17(24)20-13-5-2-1-3-6-13/h12-14H,1-11H2,(H,19,21)(H,22,23)(H2,18,20,24)/t12-,14+/m1/s1. The van der Waals surface area contributed by atoms with Crippen molar-refractivity contribution in [3.05, 3.63) is 0 Å². The number of carbonyl (C=O) groups is 3. The van der Waals surface area contributed by atoms with Crippen LogP contribution in [0.1, 0.15) is 64.2 Å². The zero-order chi connectivity index (χ0) is 17.4. The second-order valence-electron chi connectivity index (χ2n) is 6.95. The third-order valence-electron chi connectivity index (χ3n) is 4.95. The summed E-state index contributed by atoms with van der Waals surface area (Å²) < 4.78 is 0. The van der Waals surface area contributed by atoms with Gasteiger partial charge < -0.3 is 21.1 Å². The van der Waals surface area contributed by atoms with Crippen molar-refractivity contribution in [1.29, 1.82) is 0 Å². The molecular formula is C17H29N3O4. The monoisotopic (exact) mass is 339 g/mol. The van der Waals surface area contributed by atoms with Crippen LogP contribution in [0.2, 0.25) is 0 Å². The number of carboxylic acids is 1. The summed E-state index contributed by atoms with van der Waals surface area (Å²) in [6.07, 6.45) is 8.50. The summed E-state index contributed by atoms with van der Waals surface area (Å²) in [5.41, 5.74) is 0. The third kappa shape index (κ3) is 6.37. The van der Waals surface area contributed by atoms with E-state index < -0.39 is 5.97 Å². The fourth-order valence-corrected chi connectivity index (χ4v) is 3.57. The number of amides is 3. The highest BCUT2D eigenvalue weighted by Crippen LogP contribution is 2.25. The Morgan fingerprint density at radius 1 is 0.917 bits per heavy atom. The molecule has 0 unspecified atom stereocenters. The molecule has 7 heteroatoms. The molecule has 3 amide bonds. The summed E-state index contributed by atoms with van der Waals surface area (Å²) in [7, 11) is 0. The van der Waals surface area contributed by atoms with Crippen LogP contribution in [-0.2, 0) is 9.59 Å². The van der Waals surface area contributed by atoms with Gasteiger partial charge in [0.25, 0.3) is 0 Å². The Hall–Kier alpha value is -1.79. The summed E-state index contributed by atoms with van der Waals surface area (Å²) >= 11 is 0. The van der Waals surface area contributed by atoms with Crippen LogP contribution < -0.4 is 16.0 Å². The molecule has 0 bridgehead atoms. The Kier molecular flexibility index (Phi) is 7.34. The Bertz CT molecular complexity index is 449. The maximum absolute atomic E-state index is 11.9. The Balaban J connectivity index is 1.51. The minimum absolute atomic E-state index is 0.0267. The average Bonchev–Trinajstić information content (AvgIpc) is 3.01. The molecule has 0 aromatic carbocycles. The summed E-state index contributed by atoms with van der Waals surface area (Å²) in [5.74, 6) is -1.18. The van der Waals surface area contributed by atoms with Gasteiger partial charge in [0.1, 0.15) is 0 Å². The van der Waals surface area contributed by atoms with Crippen molar-refractivity contribution in [2.45, 2.75) is 76.3 Å². The molecule has 0 spiro atoms. The molecule has 0 radical (unpaired) electrons. The average molecular weight is 339 g/mol. The number of carboxylic acid groups (broad SMARTS) is 1. The number of hydrogen-bond donors (Lipinski definition) is 4. The van der Waals surface area contributed by atoms with Crippen molar-refractivity contribution in [3.63, 3.8) is 0 Å². The lowest BCUT2D eigenvalue weighted by Crippen LogP contribution is -2.43. The SMILES string of the molecule is O=C(CCCNC(=O)NC1CCCCC1)N[C@H]1CC[C@@H](C(=O)O)C1. The largest absolute Gasteiger partial charge is 0.481 e. The molecule has 0 aliphatic heterocycles. The number of hydrogen-bond acceptors (Lipinski definition) is 3. The van der Waals surface area contributed by atoms with E-state index in [1.165, 1.54) is 19.3 Å². The molecule has 2 atom stereocenters. The first-order valence-electron chi connectivity index (χ1n) is 9.11. The molecular weight excluding hydrogens is 310 g/mol. The van der Waals surface area contributed by atoms with Gasteiger partial charge in [0.15, 0.2) is 0 Å². The smallest absolute Gasteiger partial charge is 0.315 e. The molecule has 2 aliphatic rings. The summed E-state index contributed by atoms with van der Waals surface area (Å²) in [4.78, 5) is 34.5. The fraction of sp³-hybridized carbons (Fsp3) is 0.824. The van der Waals surface area contributed by atoms with E-state index in [1.807, 2.05) is 0 Å². The first-order valence-corrected chi connectivity index (χ1v) is 9.11. The number of aliphatic carboxylic acids is 1. The van der Waals surface area contributed by atoms with Crippen molar-refractivity contribution in [3.8, 4) is 0 Å². The molecule has 0 aromatic rings. The van der Waals surface area contributed by atoms with Crippen molar-refractivity contribution >= 4 is 17.9 Å². The minimum atomic E-state index is -0.778. The maximum Gasteiger partial charge on any atom is 0.315 e. The van der Waals surface area contributed by atoms with Crippen LogP contribution in [0.25, 0.3) is 0 Å². The van der Waals surface area contributed by atoms with Gasteiger partial charge in [-0.05, 0) is 38.5 Å². The lowest BCUT2D eigenvalue weighted by atomic mass is 9.96. The molecule has 2 rings (SSSR count). The molecule has 24 heavy (non-hydrogen) atoms. The molecule has 2 aliphatic carbocycles. The lowest BCUT2D eigenvalue weighted by Gasteiger charge is -2.22. The van der Waals surface area contributed by atoms with Gasteiger partial charge in [-0.15, -0.1) is 0 Å². The topological polar surface area (TPSA) is 108 Å². The van der Waals surface area contributed by atoms with Gasteiger partial charge in [0.05, 0.1) is 5.92 Å². The van der Waals surface area contributed by atoms with Crippen LogP contribution in [0.4, 0.5) is 4.79 Å².